The molecule has 3 rings (SSSR count). The lowest BCUT2D eigenvalue weighted by Crippen LogP contribution is -2.26. The van der Waals surface area contributed by atoms with Crippen LogP contribution in [0.2, 0.25) is 0 Å². The van der Waals surface area contributed by atoms with E-state index in [1.807, 2.05) is 48.7 Å². The number of carbonyl (C=O) groups excluding carboxylic acids is 1. The molecule has 3 aromatic rings. The smallest absolute Gasteiger partial charge is 0.253 e. The molecule has 1 heterocycles. The van der Waals surface area contributed by atoms with Gasteiger partial charge in [0.2, 0.25) is 5.75 Å². The summed E-state index contributed by atoms with van der Waals surface area (Å²) in [5, 5.41) is 2.05. The van der Waals surface area contributed by atoms with E-state index in [2.05, 4.69) is 4.98 Å². The van der Waals surface area contributed by atoms with Crippen LogP contribution in [0.5, 0.6) is 17.2 Å². The topological polar surface area (TPSA) is 60.9 Å². The Balaban J connectivity index is 1.67. The standard InChI is InChI=1S/C23H26N2O4S2/c1-15-13-30-23(24-15)31-14-16-6-8-17(9-7-16)22(26)25(2)12-18-10-11-19(27-3)21(29-5)20(18)28-4/h6-11,13H,12,14H2,1-5H3. The summed E-state index contributed by atoms with van der Waals surface area (Å²) in [4.78, 5) is 19.1. The maximum atomic E-state index is 12.9. The van der Waals surface area contributed by atoms with Gasteiger partial charge in [0.15, 0.2) is 11.5 Å². The highest BCUT2D eigenvalue weighted by molar-refractivity contribution is 8.00. The molecule has 2 aromatic carbocycles. The normalized spacial score (nSPS) is 10.6. The number of hydrogen-bond donors (Lipinski definition) is 0. The lowest BCUT2D eigenvalue weighted by atomic mass is 10.1. The van der Waals surface area contributed by atoms with Gasteiger partial charge >= 0.3 is 0 Å². The van der Waals surface area contributed by atoms with Gasteiger partial charge in [0.1, 0.15) is 4.34 Å². The Morgan fingerprint density at radius 2 is 1.74 bits per heavy atom. The van der Waals surface area contributed by atoms with Crippen molar-refractivity contribution in [2.24, 2.45) is 0 Å². The maximum absolute atomic E-state index is 12.9. The van der Waals surface area contributed by atoms with Gasteiger partial charge < -0.3 is 19.1 Å². The van der Waals surface area contributed by atoms with E-state index in [9.17, 15) is 4.79 Å². The first-order chi connectivity index (χ1) is 15.0. The fourth-order valence-corrected chi connectivity index (χ4v) is 4.93. The molecule has 0 aliphatic rings. The first-order valence-electron chi connectivity index (χ1n) is 9.64. The SMILES string of the molecule is COc1ccc(CN(C)C(=O)c2ccc(CSc3nc(C)cs3)cc2)c(OC)c1OC. The first kappa shape index (κ1) is 23.0. The van der Waals surface area contributed by atoms with Crippen LogP contribution in [0.4, 0.5) is 0 Å². The highest BCUT2D eigenvalue weighted by Gasteiger charge is 2.19. The van der Waals surface area contributed by atoms with Crippen LogP contribution in [0.15, 0.2) is 46.1 Å². The quantitative estimate of drug-likeness (QED) is 0.419. The minimum absolute atomic E-state index is 0.0633. The summed E-state index contributed by atoms with van der Waals surface area (Å²) in [7, 11) is 6.49. The molecule has 0 aliphatic carbocycles. The molecule has 0 saturated heterocycles. The first-order valence-corrected chi connectivity index (χ1v) is 11.5. The van der Waals surface area contributed by atoms with Crippen molar-refractivity contribution in [1.82, 2.24) is 9.88 Å². The van der Waals surface area contributed by atoms with E-state index in [1.165, 1.54) is 0 Å². The molecular formula is C23H26N2O4S2. The summed E-state index contributed by atoms with van der Waals surface area (Å²) in [5.74, 6) is 2.41. The number of carbonyl (C=O) groups is 1. The molecule has 0 aliphatic heterocycles. The van der Waals surface area contributed by atoms with Crippen LogP contribution >= 0.6 is 23.1 Å². The number of amides is 1. The van der Waals surface area contributed by atoms with Crippen molar-refractivity contribution in [2.75, 3.05) is 28.4 Å². The molecule has 1 amide bonds. The van der Waals surface area contributed by atoms with Gasteiger partial charge in [0, 0.05) is 41.5 Å². The van der Waals surface area contributed by atoms with Gasteiger partial charge in [-0.3, -0.25) is 4.79 Å². The Labute approximate surface area is 191 Å². The highest BCUT2D eigenvalue weighted by atomic mass is 32.2. The fourth-order valence-electron chi connectivity index (χ4n) is 3.12. The van der Waals surface area contributed by atoms with E-state index in [0.717, 1.165) is 26.9 Å². The average molecular weight is 459 g/mol. The number of nitrogens with zero attached hydrogens (tertiary/aromatic N) is 2. The van der Waals surface area contributed by atoms with Crippen molar-refractivity contribution < 1.29 is 19.0 Å². The molecule has 0 unspecified atom stereocenters. The van der Waals surface area contributed by atoms with Crippen LogP contribution < -0.4 is 14.2 Å². The fraction of sp³-hybridized carbons (Fsp3) is 0.304. The second-order valence-corrected chi connectivity index (χ2v) is 8.98. The van der Waals surface area contributed by atoms with E-state index in [-0.39, 0.29) is 5.91 Å². The molecule has 0 fully saturated rings. The van der Waals surface area contributed by atoms with Crippen molar-refractivity contribution in [3.8, 4) is 17.2 Å². The zero-order valence-electron chi connectivity index (χ0n) is 18.3. The predicted octanol–water partition coefficient (Wildman–Crippen LogP) is 5.04. The van der Waals surface area contributed by atoms with Gasteiger partial charge in [-0.05, 0) is 36.8 Å². The van der Waals surface area contributed by atoms with E-state index in [4.69, 9.17) is 14.2 Å². The minimum atomic E-state index is -0.0633. The Morgan fingerprint density at radius 1 is 1.03 bits per heavy atom. The van der Waals surface area contributed by atoms with Crippen LogP contribution in [-0.4, -0.2) is 44.2 Å². The number of aromatic nitrogens is 1. The van der Waals surface area contributed by atoms with Crippen molar-refractivity contribution in [1.29, 1.82) is 0 Å². The van der Waals surface area contributed by atoms with Crippen LogP contribution in [-0.2, 0) is 12.3 Å². The summed E-state index contributed by atoms with van der Waals surface area (Å²) in [6, 6.07) is 11.4. The molecule has 6 nitrogen and oxygen atoms in total. The van der Waals surface area contributed by atoms with Crippen LogP contribution in [0.1, 0.15) is 27.2 Å². The van der Waals surface area contributed by atoms with E-state index >= 15 is 0 Å². The summed E-state index contributed by atoms with van der Waals surface area (Å²) in [6.45, 7) is 2.37. The predicted molar refractivity (Wildman–Crippen MR) is 125 cm³/mol. The molecule has 1 aromatic heterocycles. The molecule has 31 heavy (non-hydrogen) atoms. The second kappa shape index (κ2) is 10.5. The third-order valence-corrected chi connectivity index (χ3v) is 6.91. The minimum Gasteiger partial charge on any atom is -0.493 e. The highest BCUT2D eigenvalue weighted by Crippen LogP contribution is 2.40. The molecule has 0 atom stereocenters. The summed E-state index contributed by atoms with van der Waals surface area (Å²) in [6.07, 6.45) is 0. The van der Waals surface area contributed by atoms with Gasteiger partial charge in [-0.15, -0.1) is 11.3 Å². The Hall–Kier alpha value is -2.71. The van der Waals surface area contributed by atoms with Crippen molar-refractivity contribution >= 4 is 29.0 Å². The van der Waals surface area contributed by atoms with Crippen molar-refractivity contribution in [3.05, 3.63) is 64.2 Å². The van der Waals surface area contributed by atoms with Gasteiger partial charge in [-0.1, -0.05) is 23.9 Å². The van der Waals surface area contributed by atoms with Crippen LogP contribution in [0, 0.1) is 6.92 Å². The number of thioether (sulfide) groups is 1. The number of ether oxygens (including phenoxy) is 3. The third kappa shape index (κ3) is 5.51. The molecule has 164 valence electrons. The molecular weight excluding hydrogens is 432 g/mol. The van der Waals surface area contributed by atoms with E-state index in [0.29, 0.717) is 29.4 Å². The third-order valence-electron chi connectivity index (χ3n) is 4.70. The van der Waals surface area contributed by atoms with Gasteiger partial charge in [0.05, 0.1) is 21.3 Å². The number of aryl methyl sites for hydroxylation is 1. The zero-order chi connectivity index (χ0) is 22.4. The van der Waals surface area contributed by atoms with Gasteiger partial charge in [0.25, 0.3) is 5.91 Å². The molecule has 0 saturated carbocycles. The molecule has 0 bridgehead atoms. The largest absolute Gasteiger partial charge is 0.493 e. The lowest BCUT2D eigenvalue weighted by molar-refractivity contribution is 0.0784. The molecule has 0 radical (unpaired) electrons. The molecule has 0 N–H and O–H groups in total. The van der Waals surface area contributed by atoms with E-state index < -0.39 is 0 Å². The van der Waals surface area contributed by atoms with Crippen LogP contribution in [0.3, 0.4) is 0 Å². The Kier molecular flexibility index (Phi) is 7.81. The number of thiazole rings is 1. The molecule has 0 spiro atoms. The van der Waals surface area contributed by atoms with Crippen molar-refractivity contribution in [2.45, 2.75) is 23.6 Å². The monoisotopic (exact) mass is 458 g/mol. The zero-order valence-corrected chi connectivity index (χ0v) is 19.9. The summed E-state index contributed by atoms with van der Waals surface area (Å²) in [5.41, 5.74) is 3.67. The molecule has 8 heteroatoms. The number of methoxy groups -OCH3 is 3. The summed E-state index contributed by atoms with van der Waals surface area (Å²) >= 11 is 3.36. The maximum Gasteiger partial charge on any atom is 0.253 e. The van der Waals surface area contributed by atoms with E-state index in [1.54, 1.807) is 56.4 Å². The second-order valence-electron chi connectivity index (χ2n) is 6.90. The number of rotatable bonds is 9. The Bertz CT molecular complexity index is 1030. The van der Waals surface area contributed by atoms with Gasteiger partial charge in [-0.2, -0.15) is 0 Å². The Morgan fingerprint density at radius 3 is 2.32 bits per heavy atom. The summed E-state index contributed by atoms with van der Waals surface area (Å²) < 4.78 is 17.3. The number of hydrogen-bond acceptors (Lipinski definition) is 7. The number of benzene rings is 2. The van der Waals surface area contributed by atoms with Crippen molar-refractivity contribution in [3.63, 3.8) is 0 Å². The average Bonchev–Trinajstić information content (AvgIpc) is 3.22. The van der Waals surface area contributed by atoms with Gasteiger partial charge in [-0.25, -0.2) is 4.98 Å². The van der Waals surface area contributed by atoms with Crippen LogP contribution in [0.25, 0.3) is 0 Å². The lowest BCUT2D eigenvalue weighted by Gasteiger charge is -2.21.